The molecule has 2 rings (SSSR count). The number of hydrogen-bond donors (Lipinski definition) is 2. The summed E-state index contributed by atoms with van der Waals surface area (Å²) in [5.41, 5.74) is 0.283. The number of aromatic hydroxyl groups is 2. The lowest BCUT2D eigenvalue weighted by Crippen LogP contribution is -2.20. The SMILES string of the molecule is CC[C@]1(C)OC(=O)c2c1cc(O)c(C)c2O. The van der Waals surface area contributed by atoms with E-state index in [4.69, 9.17) is 4.74 Å². The third-order valence-electron chi connectivity index (χ3n) is 3.29. The second kappa shape index (κ2) is 3.14. The smallest absolute Gasteiger partial charge is 0.343 e. The zero-order chi connectivity index (χ0) is 12.1. The second-order valence-corrected chi connectivity index (χ2v) is 4.27. The van der Waals surface area contributed by atoms with Gasteiger partial charge in [0.25, 0.3) is 0 Å². The molecular formula is C12H14O4. The summed E-state index contributed by atoms with van der Waals surface area (Å²) in [4.78, 5) is 11.7. The highest BCUT2D eigenvalue weighted by molar-refractivity contribution is 5.98. The van der Waals surface area contributed by atoms with Crippen LogP contribution < -0.4 is 0 Å². The van der Waals surface area contributed by atoms with Crippen molar-refractivity contribution in [1.82, 2.24) is 0 Å². The first-order chi connectivity index (χ1) is 7.40. The van der Waals surface area contributed by atoms with Crippen LogP contribution in [0.5, 0.6) is 11.5 Å². The summed E-state index contributed by atoms with van der Waals surface area (Å²) in [5.74, 6) is -0.730. The Morgan fingerprint density at radius 3 is 2.62 bits per heavy atom. The van der Waals surface area contributed by atoms with Crippen LogP contribution in [0.1, 0.15) is 41.8 Å². The average molecular weight is 222 g/mol. The highest BCUT2D eigenvalue weighted by Crippen LogP contribution is 2.45. The molecule has 0 aromatic heterocycles. The Balaban J connectivity index is 2.77. The molecule has 4 nitrogen and oxygen atoms in total. The Kier molecular flexibility index (Phi) is 2.12. The zero-order valence-electron chi connectivity index (χ0n) is 9.50. The van der Waals surface area contributed by atoms with E-state index in [2.05, 4.69) is 0 Å². The first-order valence-electron chi connectivity index (χ1n) is 5.20. The molecule has 86 valence electrons. The van der Waals surface area contributed by atoms with Crippen LogP contribution in [0.4, 0.5) is 0 Å². The monoisotopic (exact) mass is 222 g/mol. The lowest BCUT2D eigenvalue weighted by atomic mass is 9.90. The molecular weight excluding hydrogens is 208 g/mol. The third kappa shape index (κ3) is 1.19. The first-order valence-corrected chi connectivity index (χ1v) is 5.20. The molecule has 0 saturated heterocycles. The molecule has 1 aromatic rings. The Hall–Kier alpha value is -1.71. The molecule has 2 N–H and O–H groups in total. The number of phenols is 2. The lowest BCUT2D eigenvalue weighted by molar-refractivity contribution is -0.000881. The van der Waals surface area contributed by atoms with Crippen molar-refractivity contribution >= 4 is 5.97 Å². The largest absolute Gasteiger partial charge is 0.508 e. The normalized spacial score (nSPS) is 23.1. The lowest BCUT2D eigenvalue weighted by Gasteiger charge is -2.22. The summed E-state index contributed by atoms with van der Waals surface area (Å²) in [5, 5.41) is 19.5. The third-order valence-corrected chi connectivity index (χ3v) is 3.29. The molecule has 0 spiro atoms. The van der Waals surface area contributed by atoms with Crippen molar-refractivity contribution < 1.29 is 19.7 Å². The van der Waals surface area contributed by atoms with E-state index in [1.54, 1.807) is 13.8 Å². The molecule has 0 aliphatic carbocycles. The Morgan fingerprint density at radius 2 is 2.06 bits per heavy atom. The molecule has 0 bridgehead atoms. The summed E-state index contributed by atoms with van der Waals surface area (Å²) in [7, 11) is 0. The van der Waals surface area contributed by atoms with Crippen molar-refractivity contribution in [3.05, 3.63) is 22.8 Å². The van der Waals surface area contributed by atoms with Gasteiger partial charge in [-0.1, -0.05) is 6.92 Å². The topological polar surface area (TPSA) is 66.8 Å². The summed E-state index contributed by atoms with van der Waals surface area (Å²) in [6.45, 7) is 5.21. The van der Waals surface area contributed by atoms with Gasteiger partial charge in [-0.15, -0.1) is 0 Å². The molecule has 0 saturated carbocycles. The maximum absolute atomic E-state index is 11.7. The van der Waals surface area contributed by atoms with Crippen molar-refractivity contribution in [2.24, 2.45) is 0 Å². The van der Waals surface area contributed by atoms with Crippen LogP contribution in [0.15, 0.2) is 6.07 Å². The van der Waals surface area contributed by atoms with Gasteiger partial charge in [-0.2, -0.15) is 0 Å². The van der Waals surface area contributed by atoms with Crippen molar-refractivity contribution in [2.45, 2.75) is 32.8 Å². The number of fused-ring (bicyclic) bond motifs is 1. The molecule has 0 radical (unpaired) electrons. The van der Waals surface area contributed by atoms with E-state index in [1.165, 1.54) is 6.07 Å². The van der Waals surface area contributed by atoms with Gasteiger partial charge in [0.1, 0.15) is 22.7 Å². The van der Waals surface area contributed by atoms with Gasteiger partial charge in [-0.05, 0) is 26.3 Å². The number of phenolic OH excluding ortho intramolecular Hbond substituents is 2. The molecule has 0 unspecified atom stereocenters. The first kappa shape index (κ1) is 10.8. The van der Waals surface area contributed by atoms with Crippen LogP contribution >= 0.6 is 0 Å². The van der Waals surface area contributed by atoms with Gasteiger partial charge < -0.3 is 14.9 Å². The number of cyclic esters (lactones) is 1. The van der Waals surface area contributed by atoms with E-state index < -0.39 is 11.6 Å². The van der Waals surface area contributed by atoms with Crippen LogP contribution in [0.3, 0.4) is 0 Å². The molecule has 1 atom stereocenters. The van der Waals surface area contributed by atoms with Crippen LogP contribution in [0.2, 0.25) is 0 Å². The van der Waals surface area contributed by atoms with Gasteiger partial charge in [0.05, 0.1) is 0 Å². The van der Waals surface area contributed by atoms with E-state index in [9.17, 15) is 15.0 Å². The van der Waals surface area contributed by atoms with Gasteiger partial charge in [-0.25, -0.2) is 4.79 Å². The van der Waals surface area contributed by atoms with Gasteiger partial charge >= 0.3 is 5.97 Å². The Labute approximate surface area is 93.5 Å². The summed E-state index contributed by atoms with van der Waals surface area (Å²) < 4.78 is 5.25. The summed E-state index contributed by atoms with van der Waals surface area (Å²) in [6.07, 6.45) is 0.591. The maximum Gasteiger partial charge on any atom is 0.343 e. The number of esters is 1. The molecule has 1 aromatic carbocycles. The highest BCUT2D eigenvalue weighted by Gasteiger charge is 2.43. The number of hydrogen-bond acceptors (Lipinski definition) is 4. The van der Waals surface area contributed by atoms with Crippen LogP contribution in [-0.4, -0.2) is 16.2 Å². The predicted molar refractivity (Wildman–Crippen MR) is 57.6 cm³/mol. The zero-order valence-corrected chi connectivity index (χ0v) is 9.50. The second-order valence-electron chi connectivity index (χ2n) is 4.27. The van der Waals surface area contributed by atoms with E-state index in [-0.39, 0.29) is 17.1 Å². The van der Waals surface area contributed by atoms with E-state index in [0.717, 1.165) is 0 Å². The van der Waals surface area contributed by atoms with E-state index in [1.807, 2.05) is 6.92 Å². The minimum Gasteiger partial charge on any atom is -0.508 e. The van der Waals surface area contributed by atoms with Gasteiger partial charge in [0.15, 0.2) is 0 Å². The predicted octanol–water partition coefficient (Wildman–Crippen LogP) is 2.20. The fourth-order valence-electron chi connectivity index (χ4n) is 1.95. The van der Waals surface area contributed by atoms with Crippen LogP contribution in [0, 0.1) is 6.92 Å². The molecule has 4 heteroatoms. The number of carbonyl (C=O) groups excluding carboxylic acids is 1. The van der Waals surface area contributed by atoms with Crippen LogP contribution in [-0.2, 0) is 10.3 Å². The number of ether oxygens (including phenoxy) is 1. The van der Waals surface area contributed by atoms with Gasteiger partial charge in [0, 0.05) is 11.1 Å². The quantitative estimate of drug-likeness (QED) is 0.715. The minimum absolute atomic E-state index is 0.0192. The van der Waals surface area contributed by atoms with E-state index >= 15 is 0 Å². The number of carbonyl (C=O) groups is 1. The van der Waals surface area contributed by atoms with Gasteiger partial charge in [0.2, 0.25) is 0 Å². The van der Waals surface area contributed by atoms with Crippen molar-refractivity contribution in [1.29, 1.82) is 0 Å². The number of rotatable bonds is 1. The molecule has 16 heavy (non-hydrogen) atoms. The molecule has 0 amide bonds. The van der Waals surface area contributed by atoms with E-state index in [0.29, 0.717) is 17.5 Å². The molecule has 1 heterocycles. The van der Waals surface area contributed by atoms with Crippen molar-refractivity contribution in [3.63, 3.8) is 0 Å². The molecule has 1 aliphatic heterocycles. The van der Waals surface area contributed by atoms with Crippen molar-refractivity contribution in [2.75, 3.05) is 0 Å². The molecule has 1 aliphatic rings. The highest BCUT2D eigenvalue weighted by atomic mass is 16.6. The van der Waals surface area contributed by atoms with Gasteiger partial charge in [-0.3, -0.25) is 0 Å². The average Bonchev–Trinajstić information content (AvgIpc) is 2.48. The summed E-state index contributed by atoms with van der Waals surface area (Å²) >= 11 is 0. The Bertz CT molecular complexity index is 478. The number of benzene rings is 1. The standard InChI is InChI=1S/C12H14O4/c1-4-12(3)7-5-8(13)6(2)10(14)9(7)11(15)16-12/h5,13-14H,4H2,1-3H3/t12-/m0/s1. The van der Waals surface area contributed by atoms with Crippen LogP contribution in [0.25, 0.3) is 0 Å². The molecule has 0 fully saturated rings. The Morgan fingerprint density at radius 1 is 1.44 bits per heavy atom. The fraction of sp³-hybridized carbons (Fsp3) is 0.417. The maximum atomic E-state index is 11.7. The fourth-order valence-corrected chi connectivity index (χ4v) is 1.95. The minimum atomic E-state index is -0.755. The summed E-state index contributed by atoms with van der Waals surface area (Å²) in [6, 6.07) is 1.50. The van der Waals surface area contributed by atoms with Crippen molar-refractivity contribution in [3.8, 4) is 11.5 Å².